The zero-order chi connectivity index (χ0) is 14.5. The number of rotatable bonds is 3. The molecule has 1 saturated carbocycles. The van der Waals surface area contributed by atoms with Gasteiger partial charge >= 0.3 is 0 Å². The summed E-state index contributed by atoms with van der Waals surface area (Å²) >= 11 is 0. The number of aromatic nitrogens is 1. The van der Waals surface area contributed by atoms with Crippen molar-refractivity contribution in [2.24, 2.45) is 0 Å². The summed E-state index contributed by atoms with van der Waals surface area (Å²) in [6, 6.07) is 4.43. The van der Waals surface area contributed by atoms with Gasteiger partial charge in [-0.2, -0.15) is 0 Å². The van der Waals surface area contributed by atoms with Gasteiger partial charge in [-0.25, -0.2) is 4.98 Å². The molecule has 114 valence electrons. The number of nitrogens with one attached hydrogen (secondary N) is 1. The van der Waals surface area contributed by atoms with Crippen molar-refractivity contribution >= 4 is 11.6 Å². The summed E-state index contributed by atoms with van der Waals surface area (Å²) in [5, 5.41) is 3.57. The van der Waals surface area contributed by atoms with E-state index in [0.29, 0.717) is 11.7 Å². The van der Waals surface area contributed by atoms with Crippen LogP contribution in [0.4, 0.5) is 5.69 Å². The molecule has 4 nitrogen and oxygen atoms in total. The van der Waals surface area contributed by atoms with Gasteiger partial charge < -0.3 is 10.2 Å². The molecule has 0 atom stereocenters. The fraction of sp³-hybridized carbons (Fsp3) is 0.647. The summed E-state index contributed by atoms with van der Waals surface area (Å²) in [6.07, 6.45) is 11.9. The molecule has 2 heterocycles. The molecule has 0 bridgehead atoms. The van der Waals surface area contributed by atoms with Crippen molar-refractivity contribution in [3.05, 3.63) is 24.0 Å². The van der Waals surface area contributed by atoms with Gasteiger partial charge in [-0.1, -0.05) is 25.7 Å². The molecule has 2 aliphatic rings. The molecule has 0 aromatic carbocycles. The molecular formula is C17H25N3O. The van der Waals surface area contributed by atoms with Crippen LogP contribution in [0.1, 0.15) is 61.9 Å². The van der Waals surface area contributed by atoms with Crippen LogP contribution in [0.25, 0.3) is 0 Å². The van der Waals surface area contributed by atoms with Gasteiger partial charge in [-0.3, -0.25) is 4.79 Å². The Kier molecular flexibility index (Phi) is 4.73. The minimum Gasteiger partial charge on any atom is -0.381 e. The molecule has 1 saturated heterocycles. The Hall–Kier alpha value is -1.58. The number of likely N-dealkylation sites (tertiary alicyclic amines) is 1. The van der Waals surface area contributed by atoms with E-state index in [1.807, 2.05) is 23.2 Å². The minimum atomic E-state index is 0.0773. The Morgan fingerprint density at radius 2 is 1.76 bits per heavy atom. The van der Waals surface area contributed by atoms with Crippen molar-refractivity contribution in [1.29, 1.82) is 0 Å². The van der Waals surface area contributed by atoms with Crippen LogP contribution in [0.3, 0.4) is 0 Å². The van der Waals surface area contributed by atoms with Crippen molar-refractivity contribution in [3.8, 4) is 0 Å². The summed E-state index contributed by atoms with van der Waals surface area (Å²) in [7, 11) is 0. The first-order valence-corrected chi connectivity index (χ1v) is 8.35. The largest absolute Gasteiger partial charge is 0.381 e. The molecule has 2 fully saturated rings. The second-order valence-corrected chi connectivity index (χ2v) is 6.26. The molecule has 0 radical (unpaired) electrons. The van der Waals surface area contributed by atoms with E-state index in [0.717, 1.165) is 31.6 Å². The fourth-order valence-corrected chi connectivity index (χ4v) is 3.35. The summed E-state index contributed by atoms with van der Waals surface area (Å²) in [4.78, 5) is 18.5. The molecule has 4 heteroatoms. The number of anilines is 1. The van der Waals surface area contributed by atoms with Gasteiger partial charge in [-0.15, -0.1) is 0 Å². The maximum atomic E-state index is 12.2. The van der Waals surface area contributed by atoms with Gasteiger partial charge in [0.25, 0.3) is 5.91 Å². The molecule has 0 spiro atoms. The number of pyridine rings is 1. The van der Waals surface area contributed by atoms with Crippen LogP contribution in [-0.2, 0) is 0 Å². The van der Waals surface area contributed by atoms with Gasteiger partial charge in [0, 0.05) is 19.1 Å². The first-order chi connectivity index (χ1) is 10.3. The van der Waals surface area contributed by atoms with Gasteiger partial charge in [0.15, 0.2) is 0 Å². The van der Waals surface area contributed by atoms with Gasteiger partial charge in [0.2, 0.25) is 0 Å². The Labute approximate surface area is 126 Å². The maximum absolute atomic E-state index is 12.2. The van der Waals surface area contributed by atoms with Crippen LogP contribution in [0, 0.1) is 0 Å². The average Bonchev–Trinajstić information content (AvgIpc) is 2.93. The van der Waals surface area contributed by atoms with E-state index in [1.54, 1.807) is 0 Å². The molecule has 1 amide bonds. The van der Waals surface area contributed by atoms with E-state index >= 15 is 0 Å². The zero-order valence-electron chi connectivity index (χ0n) is 12.7. The number of carbonyl (C=O) groups is 1. The lowest BCUT2D eigenvalue weighted by Crippen LogP contribution is -2.28. The zero-order valence-corrected chi connectivity index (χ0v) is 12.7. The first-order valence-electron chi connectivity index (χ1n) is 8.35. The highest BCUT2D eigenvalue weighted by molar-refractivity contribution is 5.92. The lowest BCUT2D eigenvalue weighted by Gasteiger charge is -2.18. The average molecular weight is 287 g/mol. The lowest BCUT2D eigenvalue weighted by molar-refractivity contribution is 0.0787. The van der Waals surface area contributed by atoms with Gasteiger partial charge in [0.05, 0.1) is 11.9 Å². The molecule has 1 aromatic heterocycles. The Morgan fingerprint density at radius 3 is 2.38 bits per heavy atom. The van der Waals surface area contributed by atoms with E-state index in [1.165, 1.54) is 38.5 Å². The molecule has 1 aromatic rings. The molecule has 1 aliphatic heterocycles. The quantitative estimate of drug-likeness (QED) is 0.866. The Balaban J connectivity index is 1.59. The van der Waals surface area contributed by atoms with Crippen LogP contribution in [0.15, 0.2) is 18.3 Å². The number of amides is 1. The molecule has 0 unspecified atom stereocenters. The van der Waals surface area contributed by atoms with Crippen molar-refractivity contribution in [2.75, 3.05) is 18.4 Å². The third kappa shape index (κ3) is 3.74. The number of nitrogens with zero attached hydrogens (tertiary/aromatic N) is 2. The molecular weight excluding hydrogens is 262 g/mol. The lowest BCUT2D eigenvalue weighted by atomic mass is 10.1. The first kappa shape index (κ1) is 14.4. The van der Waals surface area contributed by atoms with Crippen LogP contribution in [0.5, 0.6) is 0 Å². The summed E-state index contributed by atoms with van der Waals surface area (Å²) in [5.41, 5.74) is 1.61. The van der Waals surface area contributed by atoms with E-state index in [-0.39, 0.29) is 5.91 Å². The smallest absolute Gasteiger partial charge is 0.272 e. The minimum absolute atomic E-state index is 0.0773. The third-order valence-corrected chi connectivity index (χ3v) is 4.60. The highest BCUT2D eigenvalue weighted by atomic mass is 16.2. The van der Waals surface area contributed by atoms with Crippen LogP contribution < -0.4 is 5.32 Å². The topological polar surface area (TPSA) is 45.2 Å². The highest BCUT2D eigenvalue weighted by Crippen LogP contribution is 2.21. The fourth-order valence-electron chi connectivity index (χ4n) is 3.35. The van der Waals surface area contributed by atoms with Crippen molar-refractivity contribution in [3.63, 3.8) is 0 Å². The number of carbonyl (C=O) groups excluding carboxylic acids is 1. The SMILES string of the molecule is O=C(c1ccc(NC2CCCCCC2)cn1)N1CCCC1. The van der Waals surface area contributed by atoms with Crippen molar-refractivity contribution in [1.82, 2.24) is 9.88 Å². The Morgan fingerprint density at radius 1 is 1.05 bits per heavy atom. The molecule has 3 rings (SSSR count). The van der Waals surface area contributed by atoms with E-state index in [4.69, 9.17) is 0 Å². The third-order valence-electron chi connectivity index (χ3n) is 4.60. The van der Waals surface area contributed by atoms with Gasteiger partial charge in [-0.05, 0) is 37.8 Å². The maximum Gasteiger partial charge on any atom is 0.272 e. The number of hydrogen-bond acceptors (Lipinski definition) is 3. The monoisotopic (exact) mass is 287 g/mol. The molecule has 21 heavy (non-hydrogen) atoms. The van der Waals surface area contributed by atoms with Crippen molar-refractivity contribution in [2.45, 2.75) is 57.4 Å². The molecule has 1 aliphatic carbocycles. The Bertz CT molecular complexity index is 457. The second-order valence-electron chi connectivity index (χ2n) is 6.26. The highest BCUT2D eigenvalue weighted by Gasteiger charge is 2.20. The number of hydrogen-bond donors (Lipinski definition) is 1. The summed E-state index contributed by atoms with van der Waals surface area (Å²) < 4.78 is 0. The van der Waals surface area contributed by atoms with E-state index < -0.39 is 0 Å². The predicted molar refractivity (Wildman–Crippen MR) is 84.5 cm³/mol. The summed E-state index contributed by atoms with van der Waals surface area (Å²) in [6.45, 7) is 1.76. The predicted octanol–water partition coefficient (Wildman–Crippen LogP) is 3.45. The van der Waals surface area contributed by atoms with E-state index in [2.05, 4.69) is 10.3 Å². The van der Waals surface area contributed by atoms with Crippen LogP contribution in [0.2, 0.25) is 0 Å². The van der Waals surface area contributed by atoms with Gasteiger partial charge in [0.1, 0.15) is 5.69 Å². The summed E-state index contributed by atoms with van der Waals surface area (Å²) in [5.74, 6) is 0.0773. The second kappa shape index (κ2) is 6.92. The van der Waals surface area contributed by atoms with Crippen molar-refractivity contribution < 1.29 is 4.79 Å². The standard InChI is InChI=1S/C17H25N3O/c21-17(20-11-5-6-12-20)16-10-9-15(13-18-16)19-14-7-3-1-2-4-8-14/h9-10,13-14,19H,1-8,11-12H2. The van der Waals surface area contributed by atoms with Crippen LogP contribution in [-0.4, -0.2) is 34.9 Å². The molecule has 1 N–H and O–H groups in total. The van der Waals surface area contributed by atoms with E-state index in [9.17, 15) is 4.79 Å². The normalized spacial score (nSPS) is 20.3. The van der Waals surface area contributed by atoms with Crippen LogP contribution >= 0.6 is 0 Å².